The molecule has 0 radical (unpaired) electrons. The summed E-state index contributed by atoms with van der Waals surface area (Å²) in [6, 6.07) is 9.24. The van der Waals surface area contributed by atoms with Gasteiger partial charge in [-0.05, 0) is 37.4 Å². The Hall–Kier alpha value is -1.46. The molecule has 0 bridgehead atoms. The largest absolute Gasteiger partial charge is 0.389 e. The topological polar surface area (TPSA) is 29.3 Å². The molecule has 0 amide bonds. The van der Waals surface area contributed by atoms with Crippen LogP contribution >= 0.6 is 23.6 Å². The highest BCUT2D eigenvalue weighted by Gasteiger charge is 2.19. The lowest BCUT2D eigenvalue weighted by Crippen LogP contribution is -2.32. The van der Waals surface area contributed by atoms with E-state index in [1.165, 1.54) is 10.9 Å². The number of nitrogens with two attached hydrogens (primary N) is 1. The average Bonchev–Trinajstić information content (AvgIpc) is 2.87. The van der Waals surface area contributed by atoms with Crippen molar-refractivity contribution >= 4 is 34.2 Å². The predicted octanol–water partition coefficient (Wildman–Crippen LogP) is 3.94. The second-order valence-electron chi connectivity index (χ2n) is 4.80. The van der Waals surface area contributed by atoms with Gasteiger partial charge in [-0.2, -0.15) is 0 Å². The number of anilines is 1. The van der Waals surface area contributed by atoms with Gasteiger partial charge < -0.3 is 10.6 Å². The van der Waals surface area contributed by atoms with Crippen molar-refractivity contribution in [3.05, 3.63) is 52.0 Å². The molecule has 0 aliphatic heterocycles. The van der Waals surface area contributed by atoms with Gasteiger partial charge in [0.25, 0.3) is 0 Å². The van der Waals surface area contributed by atoms with Crippen LogP contribution in [0.3, 0.4) is 0 Å². The van der Waals surface area contributed by atoms with Crippen LogP contribution in [0.5, 0.6) is 0 Å². The normalized spacial score (nSPS) is 10.8. The molecule has 2 nitrogen and oxygen atoms in total. The standard InChI is InChI=1S/C15H17FN2S2/c1-10(2)18(9-11-5-4-8-20-11)13-7-3-6-12(16)14(13)15(17)19/h3-8,10H,9H2,1-2H3,(H2,17,19). The first-order chi connectivity index (χ1) is 9.50. The van der Waals surface area contributed by atoms with Gasteiger partial charge in [0.2, 0.25) is 0 Å². The van der Waals surface area contributed by atoms with Crippen LogP contribution in [0.4, 0.5) is 10.1 Å². The van der Waals surface area contributed by atoms with E-state index in [9.17, 15) is 4.39 Å². The molecule has 0 atom stereocenters. The number of hydrogen-bond acceptors (Lipinski definition) is 3. The van der Waals surface area contributed by atoms with Crippen LogP contribution in [0.15, 0.2) is 35.7 Å². The molecular formula is C15H17FN2S2. The van der Waals surface area contributed by atoms with Crippen molar-refractivity contribution in [1.82, 2.24) is 0 Å². The average molecular weight is 308 g/mol. The van der Waals surface area contributed by atoms with Crippen LogP contribution < -0.4 is 10.6 Å². The zero-order chi connectivity index (χ0) is 14.7. The Morgan fingerprint density at radius 2 is 2.10 bits per heavy atom. The lowest BCUT2D eigenvalue weighted by Gasteiger charge is -2.30. The maximum absolute atomic E-state index is 14.0. The van der Waals surface area contributed by atoms with Gasteiger partial charge in [0.15, 0.2) is 0 Å². The van der Waals surface area contributed by atoms with Crippen LogP contribution in [0, 0.1) is 5.82 Å². The van der Waals surface area contributed by atoms with E-state index in [0.29, 0.717) is 12.1 Å². The van der Waals surface area contributed by atoms with Gasteiger partial charge >= 0.3 is 0 Å². The fourth-order valence-corrected chi connectivity index (χ4v) is 3.02. The molecule has 106 valence electrons. The molecule has 0 spiro atoms. The van der Waals surface area contributed by atoms with Crippen molar-refractivity contribution in [1.29, 1.82) is 0 Å². The Bertz CT molecular complexity index is 594. The minimum absolute atomic E-state index is 0.0925. The smallest absolute Gasteiger partial charge is 0.135 e. The number of rotatable bonds is 5. The molecule has 0 aliphatic rings. The van der Waals surface area contributed by atoms with Crippen LogP contribution in [-0.2, 0) is 6.54 Å². The van der Waals surface area contributed by atoms with Crippen LogP contribution in [0.2, 0.25) is 0 Å². The highest BCUT2D eigenvalue weighted by molar-refractivity contribution is 7.80. The summed E-state index contributed by atoms with van der Waals surface area (Å²) in [4.78, 5) is 3.43. The fourth-order valence-electron chi connectivity index (χ4n) is 2.11. The van der Waals surface area contributed by atoms with Crippen molar-refractivity contribution in [3.8, 4) is 0 Å². The molecule has 0 saturated heterocycles. The Balaban J connectivity index is 2.44. The first-order valence-electron chi connectivity index (χ1n) is 6.38. The minimum atomic E-state index is -0.369. The number of hydrogen-bond donors (Lipinski definition) is 1. The second-order valence-corrected chi connectivity index (χ2v) is 6.27. The molecule has 20 heavy (non-hydrogen) atoms. The van der Waals surface area contributed by atoms with Crippen molar-refractivity contribution in [2.75, 3.05) is 4.90 Å². The van der Waals surface area contributed by atoms with Gasteiger partial charge in [0.05, 0.1) is 17.8 Å². The van der Waals surface area contributed by atoms with E-state index in [1.807, 2.05) is 17.5 Å². The van der Waals surface area contributed by atoms with E-state index < -0.39 is 0 Å². The third kappa shape index (κ3) is 3.16. The van der Waals surface area contributed by atoms with Gasteiger partial charge in [-0.15, -0.1) is 11.3 Å². The summed E-state index contributed by atoms with van der Waals surface area (Å²) in [5, 5.41) is 2.04. The Morgan fingerprint density at radius 3 is 2.65 bits per heavy atom. The summed E-state index contributed by atoms with van der Waals surface area (Å²) in [5.74, 6) is -0.369. The predicted molar refractivity (Wildman–Crippen MR) is 87.9 cm³/mol. The monoisotopic (exact) mass is 308 g/mol. The minimum Gasteiger partial charge on any atom is -0.389 e. The quantitative estimate of drug-likeness (QED) is 0.848. The zero-order valence-electron chi connectivity index (χ0n) is 11.5. The molecule has 5 heteroatoms. The molecule has 0 unspecified atom stereocenters. The van der Waals surface area contributed by atoms with Crippen molar-refractivity contribution in [2.45, 2.75) is 26.4 Å². The van der Waals surface area contributed by atoms with Gasteiger partial charge in [0.1, 0.15) is 10.8 Å². The Labute approximate surface area is 128 Å². The molecule has 0 aliphatic carbocycles. The Kier molecular flexibility index (Phi) is 4.73. The van der Waals surface area contributed by atoms with E-state index in [1.54, 1.807) is 17.4 Å². The number of nitrogens with zero attached hydrogens (tertiary/aromatic N) is 1. The molecule has 2 rings (SSSR count). The van der Waals surface area contributed by atoms with E-state index in [0.717, 1.165) is 5.69 Å². The van der Waals surface area contributed by atoms with E-state index in [4.69, 9.17) is 18.0 Å². The molecule has 1 aromatic carbocycles. The lowest BCUT2D eigenvalue weighted by molar-refractivity contribution is 0.620. The van der Waals surface area contributed by atoms with Crippen LogP contribution in [-0.4, -0.2) is 11.0 Å². The maximum Gasteiger partial charge on any atom is 0.135 e. The third-order valence-electron chi connectivity index (χ3n) is 3.08. The summed E-state index contributed by atoms with van der Waals surface area (Å²) < 4.78 is 14.0. The molecule has 2 N–H and O–H groups in total. The molecule has 0 fully saturated rings. The summed E-state index contributed by atoms with van der Waals surface area (Å²) in [6.07, 6.45) is 0. The molecule has 0 saturated carbocycles. The maximum atomic E-state index is 14.0. The highest BCUT2D eigenvalue weighted by Crippen LogP contribution is 2.27. The van der Waals surface area contributed by atoms with Gasteiger partial charge in [0, 0.05) is 10.9 Å². The van der Waals surface area contributed by atoms with E-state index in [-0.39, 0.29) is 16.8 Å². The Morgan fingerprint density at radius 1 is 1.35 bits per heavy atom. The van der Waals surface area contributed by atoms with Crippen LogP contribution in [0.25, 0.3) is 0 Å². The van der Waals surface area contributed by atoms with Gasteiger partial charge in [-0.3, -0.25) is 0 Å². The van der Waals surface area contributed by atoms with Gasteiger partial charge in [-0.1, -0.05) is 24.4 Å². The summed E-state index contributed by atoms with van der Waals surface area (Å²) in [5.41, 5.74) is 6.77. The third-order valence-corrected chi connectivity index (χ3v) is 4.14. The molecule has 2 aromatic rings. The number of thiophene rings is 1. The summed E-state index contributed by atoms with van der Waals surface area (Å²) in [6.45, 7) is 4.86. The van der Waals surface area contributed by atoms with E-state index in [2.05, 4.69) is 24.8 Å². The van der Waals surface area contributed by atoms with E-state index >= 15 is 0 Å². The SMILES string of the molecule is CC(C)N(Cc1cccs1)c1cccc(F)c1C(N)=S. The fraction of sp³-hybridized carbons (Fsp3) is 0.267. The van der Waals surface area contributed by atoms with Crippen molar-refractivity contribution < 1.29 is 4.39 Å². The number of benzene rings is 1. The highest BCUT2D eigenvalue weighted by atomic mass is 32.1. The number of thiocarbonyl (C=S) groups is 1. The zero-order valence-corrected chi connectivity index (χ0v) is 13.1. The molecule has 1 aromatic heterocycles. The van der Waals surface area contributed by atoms with Crippen LogP contribution in [0.1, 0.15) is 24.3 Å². The molecule has 1 heterocycles. The molecular weight excluding hydrogens is 291 g/mol. The first-order valence-corrected chi connectivity index (χ1v) is 7.67. The van der Waals surface area contributed by atoms with Gasteiger partial charge in [-0.25, -0.2) is 4.39 Å². The first kappa shape index (κ1) is 14.9. The van der Waals surface area contributed by atoms with Crippen molar-refractivity contribution in [2.24, 2.45) is 5.73 Å². The lowest BCUT2D eigenvalue weighted by atomic mass is 10.1. The summed E-state index contributed by atoms with van der Waals surface area (Å²) in [7, 11) is 0. The summed E-state index contributed by atoms with van der Waals surface area (Å²) >= 11 is 6.69. The van der Waals surface area contributed by atoms with Crippen molar-refractivity contribution in [3.63, 3.8) is 0 Å². The second kappa shape index (κ2) is 6.33. The number of halogens is 1.